The van der Waals surface area contributed by atoms with Gasteiger partial charge in [-0.1, -0.05) is 18.1 Å². The van der Waals surface area contributed by atoms with E-state index in [9.17, 15) is 0 Å². The van der Waals surface area contributed by atoms with Crippen LogP contribution >= 0.6 is 0 Å². The zero-order chi connectivity index (χ0) is 11.5. The quantitative estimate of drug-likeness (QED) is 0.610. The Bertz CT molecular complexity index is 547. The Morgan fingerprint density at radius 1 is 1.50 bits per heavy atom. The van der Waals surface area contributed by atoms with Crippen molar-refractivity contribution in [3.63, 3.8) is 0 Å². The molecule has 0 unspecified atom stereocenters. The van der Waals surface area contributed by atoms with E-state index in [0.717, 1.165) is 22.8 Å². The highest BCUT2D eigenvalue weighted by Crippen LogP contribution is 2.20. The van der Waals surface area contributed by atoms with E-state index in [-0.39, 0.29) is 0 Å². The topological polar surface area (TPSA) is 43.8 Å². The van der Waals surface area contributed by atoms with Crippen molar-refractivity contribution in [2.45, 2.75) is 13.5 Å². The van der Waals surface area contributed by atoms with Crippen molar-refractivity contribution in [2.24, 2.45) is 0 Å². The van der Waals surface area contributed by atoms with Crippen molar-refractivity contribution >= 4 is 5.69 Å². The van der Waals surface area contributed by atoms with Crippen LogP contribution < -0.4 is 5.73 Å². The fraction of sp³-hybridized carbons (Fsp3) is 0.154. The van der Waals surface area contributed by atoms with Crippen molar-refractivity contribution in [3.05, 3.63) is 36.2 Å². The number of nitrogens with two attached hydrogens (primary N) is 1. The molecule has 1 aromatic carbocycles. The van der Waals surface area contributed by atoms with Crippen LogP contribution in [-0.4, -0.2) is 9.55 Å². The molecule has 0 bridgehead atoms. The number of nitrogens with zero attached hydrogens (tertiary/aromatic N) is 2. The van der Waals surface area contributed by atoms with Gasteiger partial charge < -0.3 is 10.3 Å². The summed E-state index contributed by atoms with van der Waals surface area (Å²) in [6.07, 6.45) is 7.27. The average molecular weight is 211 g/mol. The highest BCUT2D eigenvalue weighted by Gasteiger charge is 2.07. The Labute approximate surface area is 94.9 Å². The van der Waals surface area contributed by atoms with Crippen molar-refractivity contribution in [1.82, 2.24) is 9.55 Å². The van der Waals surface area contributed by atoms with E-state index >= 15 is 0 Å². The first-order valence-corrected chi connectivity index (χ1v) is 5.04. The van der Waals surface area contributed by atoms with E-state index in [1.807, 2.05) is 42.0 Å². The SMILES string of the molecule is C#CCn1cc(C)nc1-c1cccc(N)c1. The monoisotopic (exact) mass is 211 g/mol. The molecule has 1 aromatic heterocycles. The number of nitrogen functional groups attached to an aromatic ring is 1. The third kappa shape index (κ3) is 1.91. The Kier molecular flexibility index (Phi) is 2.65. The molecule has 16 heavy (non-hydrogen) atoms. The van der Waals surface area contributed by atoms with Crippen LogP contribution in [0, 0.1) is 19.3 Å². The minimum atomic E-state index is 0.519. The number of hydrogen-bond acceptors (Lipinski definition) is 2. The van der Waals surface area contributed by atoms with Crippen molar-refractivity contribution < 1.29 is 0 Å². The molecule has 0 atom stereocenters. The molecule has 0 fully saturated rings. The number of terminal acetylenes is 1. The first-order valence-electron chi connectivity index (χ1n) is 5.04. The van der Waals surface area contributed by atoms with E-state index in [2.05, 4.69) is 10.9 Å². The number of rotatable bonds is 2. The summed E-state index contributed by atoms with van der Waals surface area (Å²) in [5.74, 6) is 3.48. The summed E-state index contributed by atoms with van der Waals surface area (Å²) in [6, 6.07) is 7.64. The lowest BCUT2D eigenvalue weighted by molar-refractivity contribution is 0.850. The summed E-state index contributed by atoms with van der Waals surface area (Å²) in [5.41, 5.74) is 8.42. The van der Waals surface area contributed by atoms with Gasteiger partial charge in [-0.2, -0.15) is 0 Å². The van der Waals surface area contributed by atoms with Gasteiger partial charge >= 0.3 is 0 Å². The summed E-state index contributed by atoms with van der Waals surface area (Å²) in [5, 5.41) is 0. The number of imidazole rings is 1. The Balaban J connectivity index is 2.51. The molecule has 2 N–H and O–H groups in total. The maximum absolute atomic E-state index is 5.75. The Morgan fingerprint density at radius 3 is 3.00 bits per heavy atom. The summed E-state index contributed by atoms with van der Waals surface area (Å²) in [7, 11) is 0. The third-order valence-corrected chi connectivity index (χ3v) is 2.30. The summed E-state index contributed by atoms with van der Waals surface area (Å²) >= 11 is 0. The van der Waals surface area contributed by atoms with Gasteiger partial charge in [0, 0.05) is 17.4 Å². The van der Waals surface area contributed by atoms with Crippen LogP contribution in [0.1, 0.15) is 5.69 Å². The molecular weight excluding hydrogens is 198 g/mol. The molecule has 0 aliphatic carbocycles. The highest BCUT2D eigenvalue weighted by atomic mass is 15.1. The molecule has 0 saturated heterocycles. The highest BCUT2D eigenvalue weighted by molar-refractivity contribution is 5.61. The van der Waals surface area contributed by atoms with E-state index in [4.69, 9.17) is 12.2 Å². The number of aromatic nitrogens is 2. The van der Waals surface area contributed by atoms with Crippen LogP contribution in [0.5, 0.6) is 0 Å². The number of aryl methyl sites for hydroxylation is 1. The van der Waals surface area contributed by atoms with Crippen LogP contribution in [-0.2, 0) is 6.54 Å². The van der Waals surface area contributed by atoms with Gasteiger partial charge in [0.05, 0.1) is 12.2 Å². The van der Waals surface area contributed by atoms with Crippen molar-refractivity contribution in [3.8, 4) is 23.7 Å². The summed E-state index contributed by atoms with van der Waals surface area (Å²) in [6.45, 7) is 2.47. The first kappa shape index (κ1) is 10.3. The predicted molar refractivity (Wildman–Crippen MR) is 65.6 cm³/mol. The van der Waals surface area contributed by atoms with Crippen molar-refractivity contribution in [1.29, 1.82) is 0 Å². The zero-order valence-electron chi connectivity index (χ0n) is 9.14. The number of anilines is 1. The van der Waals surface area contributed by atoms with Crippen LogP contribution in [0.3, 0.4) is 0 Å². The van der Waals surface area contributed by atoms with E-state index in [1.165, 1.54) is 0 Å². The molecule has 0 amide bonds. The minimum Gasteiger partial charge on any atom is -0.399 e. The molecule has 0 aliphatic rings. The molecule has 0 aliphatic heterocycles. The average Bonchev–Trinajstić information content (AvgIpc) is 2.60. The van der Waals surface area contributed by atoms with Gasteiger partial charge in [0.15, 0.2) is 0 Å². The summed E-state index contributed by atoms with van der Waals surface area (Å²) < 4.78 is 1.95. The molecule has 0 saturated carbocycles. The fourth-order valence-electron chi connectivity index (χ4n) is 1.67. The lowest BCUT2D eigenvalue weighted by Gasteiger charge is -2.04. The van der Waals surface area contributed by atoms with E-state index in [0.29, 0.717) is 6.54 Å². The third-order valence-electron chi connectivity index (χ3n) is 2.30. The second-order valence-electron chi connectivity index (χ2n) is 3.66. The maximum Gasteiger partial charge on any atom is 0.141 e. The molecule has 2 rings (SSSR count). The normalized spacial score (nSPS) is 10.0. The van der Waals surface area contributed by atoms with Gasteiger partial charge in [0.25, 0.3) is 0 Å². The smallest absolute Gasteiger partial charge is 0.141 e. The Hall–Kier alpha value is -2.21. The predicted octanol–water partition coefficient (Wildman–Crippen LogP) is 2.07. The number of benzene rings is 1. The van der Waals surface area contributed by atoms with Gasteiger partial charge in [-0.25, -0.2) is 4.98 Å². The van der Waals surface area contributed by atoms with Gasteiger partial charge in [-0.05, 0) is 19.1 Å². The molecule has 0 spiro atoms. The van der Waals surface area contributed by atoms with Crippen molar-refractivity contribution in [2.75, 3.05) is 5.73 Å². The van der Waals surface area contributed by atoms with Gasteiger partial charge in [-0.3, -0.25) is 0 Å². The van der Waals surface area contributed by atoms with Gasteiger partial charge in [-0.15, -0.1) is 6.42 Å². The second kappa shape index (κ2) is 4.11. The molecule has 1 heterocycles. The minimum absolute atomic E-state index is 0.519. The van der Waals surface area contributed by atoms with Crippen LogP contribution in [0.25, 0.3) is 11.4 Å². The standard InChI is InChI=1S/C13H13N3/c1-3-7-16-9-10(2)15-13(16)11-5-4-6-12(14)8-11/h1,4-6,8-9H,7,14H2,2H3. The Morgan fingerprint density at radius 2 is 2.31 bits per heavy atom. The van der Waals surface area contributed by atoms with Gasteiger partial charge in [0.1, 0.15) is 5.82 Å². The molecule has 0 radical (unpaired) electrons. The van der Waals surface area contributed by atoms with Crippen LogP contribution in [0.15, 0.2) is 30.5 Å². The van der Waals surface area contributed by atoms with Gasteiger partial charge in [0.2, 0.25) is 0 Å². The zero-order valence-corrected chi connectivity index (χ0v) is 9.14. The lowest BCUT2D eigenvalue weighted by atomic mass is 10.2. The van der Waals surface area contributed by atoms with E-state index in [1.54, 1.807) is 0 Å². The lowest BCUT2D eigenvalue weighted by Crippen LogP contribution is -1.97. The molecular formula is C13H13N3. The number of hydrogen-bond donors (Lipinski definition) is 1. The maximum atomic E-state index is 5.75. The largest absolute Gasteiger partial charge is 0.399 e. The second-order valence-corrected chi connectivity index (χ2v) is 3.66. The molecule has 80 valence electrons. The summed E-state index contributed by atoms with van der Waals surface area (Å²) in [4.78, 5) is 4.45. The van der Waals surface area contributed by atoms with E-state index < -0.39 is 0 Å². The van der Waals surface area contributed by atoms with Crippen LogP contribution in [0.4, 0.5) is 5.69 Å². The first-order chi connectivity index (χ1) is 7.70. The van der Waals surface area contributed by atoms with Crippen LogP contribution in [0.2, 0.25) is 0 Å². The fourth-order valence-corrected chi connectivity index (χ4v) is 1.67. The molecule has 3 heteroatoms. The molecule has 2 aromatic rings. The molecule has 3 nitrogen and oxygen atoms in total.